The summed E-state index contributed by atoms with van der Waals surface area (Å²) >= 11 is 0. The smallest absolute Gasteiger partial charge is 0.263 e. The molecule has 0 aromatic heterocycles. The molecule has 2 aromatic rings. The number of carbonyl (C=O) groups excluding carboxylic acids is 1. The number of anilines is 1. The maximum Gasteiger partial charge on any atom is 0.263 e. The second-order valence-corrected chi connectivity index (χ2v) is 7.26. The highest BCUT2D eigenvalue weighted by Gasteiger charge is 2.30. The summed E-state index contributed by atoms with van der Waals surface area (Å²) in [7, 11) is -3.58. The van der Waals surface area contributed by atoms with Crippen LogP contribution < -0.4 is 10.0 Å². The number of hydrogen-bond donors (Lipinski definition) is 2. The molecule has 1 aliphatic rings. The first-order valence-electron chi connectivity index (χ1n) is 7.40. The average Bonchev–Trinajstić information content (AvgIpc) is 2.80. The van der Waals surface area contributed by atoms with Crippen molar-refractivity contribution in [1.82, 2.24) is 4.72 Å². The van der Waals surface area contributed by atoms with Gasteiger partial charge in [0.15, 0.2) is 0 Å². The Bertz CT molecular complexity index is 949. The molecule has 0 fully saturated rings. The lowest BCUT2D eigenvalue weighted by atomic mass is 10.1. The van der Waals surface area contributed by atoms with Crippen molar-refractivity contribution >= 4 is 27.5 Å². The molecule has 1 aliphatic heterocycles. The Hall–Kier alpha value is -2.67. The number of sulfonamides is 1. The Morgan fingerprint density at radius 1 is 1.12 bits per heavy atom. The standard InChI is InChI=1S/C17H17N3O3S/c1-11-7-8-13(9-12(11)2)19-16(21)10-18-17-14-5-3-4-6-15(14)24(22,23)20-17/h3-9H,10H2,1-2H3,(H,18,20)(H,19,21). The molecule has 2 N–H and O–H groups in total. The molecule has 0 bridgehead atoms. The molecule has 0 radical (unpaired) electrons. The monoisotopic (exact) mass is 343 g/mol. The zero-order chi connectivity index (χ0) is 17.3. The molecule has 24 heavy (non-hydrogen) atoms. The second kappa shape index (κ2) is 6.09. The van der Waals surface area contributed by atoms with Crippen molar-refractivity contribution in [3.05, 3.63) is 59.2 Å². The average molecular weight is 343 g/mol. The summed E-state index contributed by atoms with van der Waals surface area (Å²) in [6, 6.07) is 12.2. The number of amides is 1. The van der Waals surface area contributed by atoms with E-state index in [1.165, 1.54) is 6.07 Å². The van der Waals surface area contributed by atoms with Gasteiger partial charge in [0.05, 0.1) is 4.90 Å². The number of fused-ring (bicyclic) bond motifs is 1. The van der Waals surface area contributed by atoms with E-state index >= 15 is 0 Å². The minimum absolute atomic E-state index is 0.168. The van der Waals surface area contributed by atoms with E-state index in [4.69, 9.17) is 0 Å². The first-order chi connectivity index (χ1) is 11.4. The Balaban J connectivity index is 1.74. The van der Waals surface area contributed by atoms with Crippen LogP contribution in [-0.4, -0.2) is 26.7 Å². The van der Waals surface area contributed by atoms with Crippen LogP contribution in [-0.2, 0) is 14.8 Å². The quantitative estimate of drug-likeness (QED) is 0.893. The van der Waals surface area contributed by atoms with Crippen LogP contribution in [0.15, 0.2) is 52.4 Å². The predicted octanol–water partition coefficient (Wildman–Crippen LogP) is 1.98. The zero-order valence-electron chi connectivity index (χ0n) is 13.3. The summed E-state index contributed by atoms with van der Waals surface area (Å²) in [5.74, 6) is -0.116. The number of hydrogen-bond acceptors (Lipinski definition) is 4. The first-order valence-corrected chi connectivity index (χ1v) is 8.89. The Kier molecular flexibility index (Phi) is 4.11. The van der Waals surface area contributed by atoms with Crippen LogP contribution in [0.1, 0.15) is 16.7 Å². The van der Waals surface area contributed by atoms with Gasteiger partial charge in [0.25, 0.3) is 10.0 Å². The molecule has 124 valence electrons. The van der Waals surface area contributed by atoms with Gasteiger partial charge in [-0.05, 0) is 49.2 Å². The van der Waals surface area contributed by atoms with Crippen LogP contribution in [0.3, 0.4) is 0 Å². The Morgan fingerprint density at radius 2 is 1.88 bits per heavy atom. The van der Waals surface area contributed by atoms with Gasteiger partial charge in [0, 0.05) is 11.3 Å². The minimum atomic E-state index is -3.58. The van der Waals surface area contributed by atoms with E-state index in [1.54, 1.807) is 18.2 Å². The maximum absolute atomic E-state index is 12.0. The molecule has 7 heteroatoms. The molecule has 0 saturated heterocycles. The third-order valence-electron chi connectivity index (χ3n) is 3.83. The Morgan fingerprint density at radius 3 is 2.62 bits per heavy atom. The van der Waals surface area contributed by atoms with Crippen LogP contribution in [0.2, 0.25) is 0 Å². The molecule has 1 heterocycles. The van der Waals surface area contributed by atoms with Crippen LogP contribution in [0.5, 0.6) is 0 Å². The highest BCUT2D eigenvalue weighted by molar-refractivity contribution is 7.90. The normalized spacial score (nSPS) is 16.5. The fourth-order valence-electron chi connectivity index (χ4n) is 2.42. The largest absolute Gasteiger partial charge is 0.324 e. The minimum Gasteiger partial charge on any atom is -0.324 e. The van der Waals surface area contributed by atoms with Gasteiger partial charge >= 0.3 is 0 Å². The lowest BCUT2D eigenvalue weighted by Crippen LogP contribution is -2.24. The predicted molar refractivity (Wildman–Crippen MR) is 92.7 cm³/mol. The highest BCUT2D eigenvalue weighted by Crippen LogP contribution is 2.22. The lowest BCUT2D eigenvalue weighted by Gasteiger charge is -2.06. The van der Waals surface area contributed by atoms with Crippen molar-refractivity contribution in [3.8, 4) is 0 Å². The second-order valence-electron chi connectivity index (χ2n) is 5.61. The number of amidine groups is 1. The van der Waals surface area contributed by atoms with Gasteiger partial charge in [0.1, 0.15) is 12.4 Å². The third-order valence-corrected chi connectivity index (χ3v) is 5.23. The summed E-state index contributed by atoms with van der Waals surface area (Å²) in [6.07, 6.45) is 0. The van der Waals surface area contributed by atoms with E-state index in [-0.39, 0.29) is 23.2 Å². The van der Waals surface area contributed by atoms with Crippen LogP contribution in [0.25, 0.3) is 0 Å². The number of benzene rings is 2. The van der Waals surface area contributed by atoms with Gasteiger partial charge in [0.2, 0.25) is 5.91 Å². The van der Waals surface area contributed by atoms with Crippen molar-refractivity contribution in [1.29, 1.82) is 0 Å². The van der Waals surface area contributed by atoms with E-state index < -0.39 is 10.0 Å². The molecule has 2 aromatic carbocycles. The summed E-state index contributed by atoms with van der Waals surface area (Å²) in [6.45, 7) is 3.80. The Labute approximate surface area is 140 Å². The number of aryl methyl sites for hydroxylation is 2. The molecular formula is C17H17N3O3S. The fraction of sp³-hybridized carbons (Fsp3) is 0.176. The number of rotatable bonds is 3. The topological polar surface area (TPSA) is 87.6 Å². The SMILES string of the molecule is Cc1ccc(NC(=O)CN=C2NS(=O)(=O)c3ccccc32)cc1C. The van der Waals surface area contributed by atoms with Crippen molar-refractivity contribution < 1.29 is 13.2 Å². The highest BCUT2D eigenvalue weighted by atomic mass is 32.2. The summed E-state index contributed by atoms with van der Waals surface area (Å²) < 4.78 is 26.3. The number of aliphatic imine (C=N–C) groups is 1. The maximum atomic E-state index is 12.0. The van der Waals surface area contributed by atoms with Gasteiger partial charge < -0.3 is 5.32 Å². The molecule has 0 spiro atoms. The van der Waals surface area contributed by atoms with Crippen molar-refractivity contribution in [3.63, 3.8) is 0 Å². The van der Waals surface area contributed by atoms with E-state index in [2.05, 4.69) is 15.0 Å². The molecule has 3 rings (SSSR count). The lowest BCUT2D eigenvalue weighted by molar-refractivity contribution is -0.114. The molecular weight excluding hydrogens is 326 g/mol. The molecule has 0 saturated carbocycles. The summed E-state index contributed by atoms with van der Waals surface area (Å²) in [5, 5.41) is 2.76. The number of nitrogens with zero attached hydrogens (tertiary/aromatic N) is 1. The van der Waals surface area contributed by atoms with Crippen molar-refractivity contribution in [2.75, 3.05) is 11.9 Å². The van der Waals surface area contributed by atoms with E-state index in [9.17, 15) is 13.2 Å². The molecule has 0 aliphatic carbocycles. The third kappa shape index (κ3) is 3.16. The summed E-state index contributed by atoms with van der Waals surface area (Å²) in [4.78, 5) is 16.3. The number of nitrogens with one attached hydrogen (secondary N) is 2. The van der Waals surface area contributed by atoms with Crippen LogP contribution >= 0.6 is 0 Å². The van der Waals surface area contributed by atoms with Crippen LogP contribution in [0.4, 0.5) is 5.69 Å². The molecule has 0 atom stereocenters. The zero-order valence-corrected chi connectivity index (χ0v) is 14.1. The van der Waals surface area contributed by atoms with Gasteiger partial charge in [-0.3, -0.25) is 14.5 Å². The van der Waals surface area contributed by atoms with Crippen molar-refractivity contribution in [2.24, 2.45) is 4.99 Å². The van der Waals surface area contributed by atoms with E-state index in [1.807, 2.05) is 32.0 Å². The van der Waals surface area contributed by atoms with E-state index in [0.717, 1.165) is 11.1 Å². The molecule has 1 amide bonds. The summed E-state index contributed by atoms with van der Waals surface area (Å²) in [5.41, 5.74) is 3.40. The van der Waals surface area contributed by atoms with Crippen molar-refractivity contribution in [2.45, 2.75) is 18.7 Å². The van der Waals surface area contributed by atoms with Gasteiger partial charge in [-0.15, -0.1) is 0 Å². The molecule has 6 nitrogen and oxygen atoms in total. The van der Waals surface area contributed by atoms with Gasteiger partial charge in [-0.25, -0.2) is 8.42 Å². The van der Waals surface area contributed by atoms with Gasteiger partial charge in [-0.2, -0.15) is 0 Å². The van der Waals surface area contributed by atoms with E-state index in [0.29, 0.717) is 11.3 Å². The molecule has 0 unspecified atom stereocenters. The van der Waals surface area contributed by atoms with Gasteiger partial charge in [-0.1, -0.05) is 18.2 Å². The first kappa shape index (κ1) is 16.2. The fourth-order valence-corrected chi connectivity index (χ4v) is 3.67. The number of carbonyl (C=O) groups is 1. The van der Waals surface area contributed by atoms with Crippen LogP contribution in [0, 0.1) is 13.8 Å².